The second-order valence-corrected chi connectivity index (χ2v) is 16.4. The van der Waals surface area contributed by atoms with Crippen LogP contribution in [0.3, 0.4) is 0 Å². The predicted molar refractivity (Wildman–Crippen MR) is 229 cm³/mol. The normalized spacial score (nSPS) is 11.9. The summed E-state index contributed by atoms with van der Waals surface area (Å²) in [5.74, 6) is 0.565. The first-order chi connectivity index (χ1) is 27.9. The van der Waals surface area contributed by atoms with E-state index in [0.717, 1.165) is 11.8 Å². The quantitative estimate of drug-likeness (QED) is 0.0454. The molecule has 16 nitrogen and oxygen atoms in total. The third kappa shape index (κ3) is 11.7. The number of methoxy groups -OCH3 is 2. The number of ether oxygens (including phenoxy) is 3. The summed E-state index contributed by atoms with van der Waals surface area (Å²) in [7, 11) is -0.795. The van der Waals surface area contributed by atoms with Gasteiger partial charge >= 0.3 is 12.0 Å². The number of sulfonamides is 1. The molecule has 0 bridgehead atoms. The number of anilines is 5. The first-order valence-electron chi connectivity index (χ1n) is 18.6. The Morgan fingerprint density at radius 1 is 0.847 bits per heavy atom. The number of unbranched alkanes of at least 4 members (excludes halogenated alkanes) is 1. The van der Waals surface area contributed by atoms with Gasteiger partial charge in [-0.1, -0.05) is 45.0 Å². The van der Waals surface area contributed by atoms with Gasteiger partial charge in [0.2, 0.25) is 10.0 Å². The SMILES string of the molecule is COc1cc(Nc2cc(Oc3ccc(NC(=O)Nc4cc(C(C)(C)C)cc(NS(C)(=O)=O)c4OC)c4ccccc34)ccn2)ccc1C(=O)NCCCC[C@@H](N)C(=O)O. The van der Waals surface area contributed by atoms with Crippen molar-refractivity contribution in [3.05, 3.63) is 96.2 Å². The van der Waals surface area contributed by atoms with Gasteiger partial charge in [0.15, 0.2) is 5.75 Å². The molecule has 8 N–H and O–H groups in total. The van der Waals surface area contributed by atoms with Gasteiger partial charge in [-0.25, -0.2) is 18.2 Å². The molecule has 0 radical (unpaired) electrons. The Balaban J connectivity index is 1.29. The molecule has 0 unspecified atom stereocenters. The number of amides is 3. The van der Waals surface area contributed by atoms with Crippen molar-refractivity contribution in [1.29, 1.82) is 0 Å². The molecule has 312 valence electrons. The molecule has 1 atom stereocenters. The predicted octanol–water partition coefficient (Wildman–Crippen LogP) is 7.41. The molecule has 3 amide bonds. The third-order valence-electron chi connectivity index (χ3n) is 9.06. The summed E-state index contributed by atoms with van der Waals surface area (Å²) in [5.41, 5.74) is 7.84. The number of nitrogens with one attached hydrogen (secondary N) is 5. The zero-order valence-electron chi connectivity index (χ0n) is 33.6. The molecule has 0 spiro atoms. The van der Waals surface area contributed by atoms with Crippen molar-refractivity contribution >= 4 is 67.3 Å². The summed E-state index contributed by atoms with van der Waals surface area (Å²) in [6, 6.07) is 21.2. The summed E-state index contributed by atoms with van der Waals surface area (Å²) in [6.45, 7) is 6.27. The Kier molecular flexibility index (Phi) is 13.9. The molecular formula is C42H49N7O9S. The first-order valence-corrected chi connectivity index (χ1v) is 20.5. The molecule has 0 aliphatic heterocycles. The van der Waals surface area contributed by atoms with Crippen molar-refractivity contribution in [3.63, 3.8) is 0 Å². The molecule has 1 heterocycles. The molecule has 0 aliphatic rings. The number of aromatic nitrogens is 1. The Morgan fingerprint density at radius 2 is 1.56 bits per heavy atom. The summed E-state index contributed by atoms with van der Waals surface area (Å²) < 4.78 is 44.2. The number of nitrogens with zero attached hydrogens (tertiary/aromatic N) is 1. The number of rotatable bonds is 17. The van der Waals surface area contributed by atoms with Gasteiger partial charge in [0.1, 0.15) is 29.1 Å². The number of urea groups is 1. The van der Waals surface area contributed by atoms with Gasteiger partial charge in [0, 0.05) is 41.3 Å². The van der Waals surface area contributed by atoms with Crippen LogP contribution < -0.4 is 45.9 Å². The van der Waals surface area contributed by atoms with Crippen LogP contribution in [-0.4, -0.2) is 69.5 Å². The molecule has 0 saturated heterocycles. The smallest absolute Gasteiger partial charge is 0.323 e. The minimum atomic E-state index is -3.65. The largest absolute Gasteiger partial charge is 0.496 e. The van der Waals surface area contributed by atoms with E-state index in [0.29, 0.717) is 76.6 Å². The number of aliphatic carboxylic acids is 1. The Bertz CT molecular complexity index is 2450. The number of fused-ring (bicyclic) bond motifs is 1. The second kappa shape index (κ2) is 18.8. The van der Waals surface area contributed by atoms with Crippen LogP contribution in [0.2, 0.25) is 0 Å². The van der Waals surface area contributed by atoms with Gasteiger partial charge in [-0.15, -0.1) is 0 Å². The topological polar surface area (TPSA) is 232 Å². The van der Waals surface area contributed by atoms with E-state index < -0.39 is 28.1 Å². The van der Waals surface area contributed by atoms with Crippen molar-refractivity contribution in [1.82, 2.24) is 10.3 Å². The lowest BCUT2D eigenvalue weighted by Gasteiger charge is -2.24. The monoisotopic (exact) mass is 827 g/mol. The molecule has 4 aromatic carbocycles. The highest BCUT2D eigenvalue weighted by molar-refractivity contribution is 7.92. The van der Waals surface area contributed by atoms with Crippen LogP contribution in [-0.2, 0) is 20.2 Å². The van der Waals surface area contributed by atoms with Crippen molar-refractivity contribution in [2.45, 2.75) is 51.5 Å². The fourth-order valence-electron chi connectivity index (χ4n) is 6.08. The van der Waals surface area contributed by atoms with Gasteiger partial charge in [-0.05, 0) is 72.7 Å². The van der Waals surface area contributed by atoms with E-state index in [2.05, 4.69) is 31.0 Å². The summed E-state index contributed by atoms with van der Waals surface area (Å²) >= 11 is 0. The van der Waals surface area contributed by atoms with Crippen LogP contribution in [0.25, 0.3) is 10.8 Å². The molecular weight excluding hydrogens is 779 g/mol. The molecule has 59 heavy (non-hydrogen) atoms. The summed E-state index contributed by atoms with van der Waals surface area (Å²) in [5, 5.41) is 22.1. The second-order valence-electron chi connectivity index (χ2n) is 14.7. The highest BCUT2D eigenvalue weighted by Gasteiger charge is 2.23. The fraction of sp³-hybridized carbons (Fsp3) is 0.286. The zero-order chi connectivity index (χ0) is 42.9. The van der Waals surface area contributed by atoms with E-state index in [1.807, 2.05) is 45.0 Å². The van der Waals surface area contributed by atoms with E-state index in [1.54, 1.807) is 60.8 Å². The number of carbonyl (C=O) groups is 3. The van der Waals surface area contributed by atoms with Crippen LogP contribution in [0.5, 0.6) is 23.0 Å². The number of pyridine rings is 1. The molecule has 17 heteroatoms. The Hall–Kier alpha value is -6.59. The molecule has 5 rings (SSSR count). The lowest BCUT2D eigenvalue weighted by Crippen LogP contribution is -2.30. The van der Waals surface area contributed by atoms with E-state index in [1.165, 1.54) is 14.2 Å². The maximum Gasteiger partial charge on any atom is 0.323 e. The fourth-order valence-corrected chi connectivity index (χ4v) is 6.63. The molecule has 1 aromatic heterocycles. The van der Waals surface area contributed by atoms with Gasteiger partial charge in [0.05, 0.1) is 43.1 Å². The third-order valence-corrected chi connectivity index (χ3v) is 9.65. The lowest BCUT2D eigenvalue weighted by molar-refractivity contribution is -0.138. The van der Waals surface area contributed by atoms with Crippen LogP contribution in [0, 0.1) is 0 Å². The lowest BCUT2D eigenvalue weighted by atomic mass is 9.86. The maximum atomic E-state index is 13.5. The minimum absolute atomic E-state index is 0.156. The number of carbonyl (C=O) groups excluding carboxylic acids is 2. The van der Waals surface area contributed by atoms with Gasteiger partial charge in [0.25, 0.3) is 5.91 Å². The van der Waals surface area contributed by atoms with E-state index in [4.69, 9.17) is 25.1 Å². The number of hydrogen-bond donors (Lipinski definition) is 7. The molecule has 0 aliphatic carbocycles. The van der Waals surface area contributed by atoms with Crippen LogP contribution in [0.1, 0.15) is 56.0 Å². The standard InChI is InChI=1S/C42H49N7O9S/c1-42(2,3)25-21-33(38(57-5)34(22-25)49-59(6,54)55)48-41(53)47-32-16-17-35(29-12-8-7-11-28(29)32)58-27-18-20-44-37(24-27)46-26-14-15-30(36(23-26)56-4)39(50)45-19-10-9-13-31(43)40(51)52/h7-8,11-12,14-18,20-24,31,49H,9-10,13,19,43H2,1-6H3,(H,44,46)(H,45,50)(H,51,52)(H2,47,48,53)/t31-/m1/s1. The van der Waals surface area contributed by atoms with Gasteiger partial charge in [-0.3, -0.25) is 14.3 Å². The average Bonchev–Trinajstić information content (AvgIpc) is 3.17. The van der Waals surface area contributed by atoms with Crippen molar-refractivity contribution in [3.8, 4) is 23.0 Å². The molecule has 0 fully saturated rings. The van der Waals surface area contributed by atoms with Crippen molar-refractivity contribution in [2.75, 3.05) is 47.7 Å². The maximum absolute atomic E-state index is 13.5. The Morgan fingerprint density at radius 3 is 2.24 bits per heavy atom. The highest BCUT2D eigenvalue weighted by Crippen LogP contribution is 2.40. The average molecular weight is 828 g/mol. The number of carboxylic acid groups (broad SMARTS) is 1. The molecule has 5 aromatic rings. The zero-order valence-corrected chi connectivity index (χ0v) is 34.5. The number of benzene rings is 4. The number of carboxylic acids is 1. The van der Waals surface area contributed by atoms with Crippen molar-refractivity contribution < 1.29 is 42.1 Å². The van der Waals surface area contributed by atoms with E-state index >= 15 is 0 Å². The number of hydrogen-bond acceptors (Lipinski definition) is 11. The van der Waals surface area contributed by atoms with E-state index in [9.17, 15) is 22.8 Å². The van der Waals surface area contributed by atoms with Crippen LogP contribution in [0.4, 0.5) is 33.4 Å². The Labute approximate surface area is 342 Å². The molecule has 0 saturated carbocycles. The van der Waals surface area contributed by atoms with Gasteiger partial charge in [-0.2, -0.15) is 0 Å². The minimum Gasteiger partial charge on any atom is -0.496 e. The van der Waals surface area contributed by atoms with Crippen LogP contribution in [0.15, 0.2) is 85.1 Å². The first kappa shape index (κ1) is 43.5. The summed E-state index contributed by atoms with van der Waals surface area (Å²) in [4.78, 5) is 41.7. The van der Waals surface area contributed by atoms with Crippen molar-refractivity contribution in [2.24, 2.45) is 5.73 Å². The number of nitrogens with two attached hydrogens (primary N) is 1. The van der Waals surface area contributed by atoms with Gasteiger partial charge < -0.3 is 46.3 Å². The van der Waals surface area contributed by atoms with Crippen LogP contribution >= 0.6 is 0 Å². The van der Waals surface area contributed by atoms with E-state index in [-0.39, 0.29) is 28.4 Å². The highest BCUT2D eigenvalue weighted by atomic mass is 32.2. The summed E-state index contributed by atoms with van der Waals surface area (Å²) in [6.07, 6.45) is 4.08.